The van der Waals surface area contributed by atoms with Gasteiger partial charge in [-0.15, -0.1) is 0 Å². The van der Waals surface area contributed by atoms with Crippen LogP contribution >= 0.6 is 0 Å². The molecule has 1 fully saturated rings. The number of hydrogen-bond donors (Lipinski definition) is 3. The van der Waals surface area contributed by atoms with Crippen LogP contribution in [0.25, 0.3) is 28.0 Å². The fourth-order valence-electron chi connectivity index (χ4n) is 4.54. The molecule has 3 aromatic heterocycles. The van der Waals surface area contributed by atoms with Crippen molar-refractivity contribution >= 4 is 23.3 Å². The van der Waals surface area contributed by atoms with Crippen LogP contribution in [-0.4, -0.2) is 42.7 Å². The number of carboxylic acid groups (broad SMARTS) is 1. The average Bonchev–Trinajstić information content (AvgIpc) is 3.47. The van der Waals surface area contributed by atoms with E-state index in [2.05, 4.69) is 15.6 Å². The van der Waals surface area contributed by atoms with Gasteiger partial charge in [0.1, 0.15) is 23.4 Å². The maximum Gasteiger partial charge on any atom is 0.325 e. The normalized spacial score (nSPS) is 14.8. The second-order valence-corrected chi connectivity index (χ2v) is 8.99. The van der Waals surface area contributed by atoms with Crippen LogP contribution in [-0.2, 0) is 4.79 Å². The van der Waals surface area contributed by atoms with Crippen LogP contribution < -0.4 is 10.6 Å². The van der Waals surface area contributed by atoms with Crippen LogP contribution in [0.3, 0.4) is 0 Å². The van der Waals surface area contributed by atoms with Gasteiger partial charge in [0.05, 0.1) is 16.8 Å². The van der Waals surface area contributed by atoms with Crippen LogP contribution in [0.2, 0.25) is 0 Å². The van der Waals surface area contributed by atoms with Gasteiger partial charge in [-0.3, -0.25) is 4.79 Å². The van der Waals surface area contributed by atoms with Crippen molar-refractivity contribution in [1.82, 2.24) is 19.6 Å². The van der Waals surface area contributed by atoms with Crippen molar-refractivity contribution in [2.75, 3.05) is 10.6 Å². The molecule has 0 radical (unpaired) electrons. The van der Waals surface area contributed by atoms with Crippen LogP contribution in [0.1, 0.15) is 38.3 Å². The largest absolute Gasteiger partial charge is 0.480 e. The van der Waals surface area contributed by atoms with E-state index < -0.39 is 12.0 Å². The summed E-state index contributed by atoms with van der Waals surface area (Å²) in [6, 6.07) is 13.1. The molecule has 4 aromatic rings. The number of rotatable bonds is 7. The molecule has 0 bridgehead atoms. The van der Waals surface area contributed by atoms with E-state index in [9.17, 15) is 14.3 Å². The number of anilines is 2. The second kappa shape index (κ2) is 9.32. The smallest absolute Gasteiger partial charge is 0.325 e. The molecule has 1 unspecified atom stereocenters. The Morgan fingerprint density at radius 3 is 2.60 bits per heavy atom. The van der Waals surface area contributed by atoms with E-state index in [0.717, 1.165) is 35.2 Å². The molecule has 1 aromatic carbocycles. The van der Waals surface area contributed by atoms with Crippen LogP contribution in [0.15, 0.2) is 48.5 Å². The highest BCUT2D eigenvalue weighted by molar-refractivity contribution is 5.92. The number of pyridine rings is 1. The maximum absolute atomic E-state index is 13.7. The Morgan fingerprint density at radius 1 is 1.14 bits per heavy atom. The first-order chi connectivity index (χ1) is 16.9. The minimum atomic E-state index is -0.970. The Morgan fingerprint density at radius 2 is 1.89 bits per heavy atom. The third-order valence-corrected chi connectivity index (χ3v) is 6.31. The molecular formula is C26H27FN6O2. The Balaban J connectivity index is 1.68. The molecule has 180 valence electrons. The van der Waals surface area contributed by atoms with E-state index >= 15 is 0 Å². The number of nitrogens with zero attached hydrogens (tertiary/aromatic N) is 4. The summed E-state index contributed by atoms with van der Waals surface area (Å²) in [5.41, 5.74) is 4.36. The Labute approximate surface area is 202 Å². The predicted octanol–water partition coefficient (Wildman–Crippen LogP) is 5.15. The minimum absolute atomic E-state index is 0.336. The molecule has 0 saturated heterocycles. The minimum Gasteiger partial charge on any atom is -0.480 e. The third kappa shape index (κ3) is 4.66. The Kier molecular flexibility index (Phi) is 6.07. The number of hydrogen-bond acceptors (Lipinski definition) is 6. The number of carbonyl (C=O) groups is 1. The van der Waals surface area contributed by atoms with Crippen molar-refractivity contribution < 1.29 is 14.3 Å². The van der Waals surface area contributed by atoms with Gasteiger partial charge < -0.3 is 15.7 Å². The van der Waals surface area contributed by atoms with Gasteiger partial charge in [-0.25, -0.2) is 18.9 Å². The lowest BCUT2D eigenvalue weighted by Gasteiger charge is -2.14. The van der Waals surface area contributed by atoms with Gasteiger partial charge in [0.2, 0.25) is 5.95 Å². The molecule has 9 heteroatoms. The highest BCUT2D eigenvalue weighted by atomic mass is 19.1. The Bertz CT molecular complexity index is 1380. The van der Waals surface area contributed by atoms with E-state index in [4.69, 9.17) is 10.1 Å². The molecule has 0 amide bonds. The van der Waals surface area contributed by atoms with Gasteiger partial charge in [-0.1, -0.05) is 18.9 Å². The van der Waals surface area contributed by atoms with Gasteiger partial charge in [-0.2, -0.15) is 5.10 Å². The molecule has 5 rings (SSSR count). The van der Waals surface area contributed by atoms with E-state index in [1.807, 2.05) is 25.1 Å². The fourth-order valence-corrected chi connectivity index (χ4v) is 4.54. The summed E-state index contributed by atoms with van der Waals surface area (Å²) in [7, 11) is 0. The van der Waals surface area contributed by atoms with Crippen LogP contribution in [0.5, 0.6) is 0 Å². The molecular weight excluding hydrogens is 447 g/mol. The first-order valence-corrected chi connectivity index (χ1v) is 11.8. The quantitative estimate of drug-likeness (QED) is 0.340. The molecule has 1 saturated carbocycles. The van der Waals surface area contributed by atoms with Crippen LogP contribution in [0.4, 0.5) is 16.2 Å². The summed E-state index contributed by atoms with van der Waals surface area (Å²) in [5.74, 6) is -0.202. The molecule has 3 heterocycles. The summed E-state index contributed by atoms with van der Waals surface area (Å²) in [6.45, 7) is 3.50. The molecule has 35 heavy (non-hydrogen) atoms. The van der Waals surface area contributed by atoms with Gasteiger partial charge in [0, 0.05) is 17.3 Å². The number of halogens is 1. The lowest BCUT2D eigenvalue weighted by molar-refractivity contribution is -0.137. The monoisotopic (exact) mass is 474 g/mol. The molecule has 0 aliphatic heterocycles. The predicted molar refractivity (Wildman–Crippen MR) is 133 cm³/mol. The lowest BCUT2D eigenvalue weighted by atomic mass is 10.0. The number of fused-ring (bicyclic) bond motifs is 1. The van der Waals surface area contributed by atoms with Crippen molar-refractivity contribution in [3.8, 4) is 22.5 Å². The van der Waals surface area contributed by atoms with E-state index in [0.29, 0.717) is 29.2 Å². The third-order valence-electron chi connectivity index (χ3n) is 6.31. The summed E-state index contributed by atoms with van der Waals surface area (Å²) >= 11 is 0. The fraction of sp³-hybridized carbons (Fsp3) is 0.308. The zero-order valence-corrected chi connectivity index (χ0v) is 19.6. The average molecular weight is 475 g/mol. The number of aromatic nitrogens is 4. The molecule has 3 N–H and O–H groups in total. The Hall–Kier alpha value is -4.01. The van der Waals surface area contributed by atoms with Gasteiger partial charge in [0.15, 0.2) is 0 Å². The van der Waals surface area contributed by atoms with Crippen molar-refractivity contribution in [2.45, 2.75) is 51.6 Å². The van der Waals surface area contributed by atoms with Crippen LogP contribution in [0, 0.1) is 12.7 Å². The van der Waals surface area contributed by atoms with Crippen molar-refractivity contribution in [1.29, 1.82) is 0 Å². The molecule has 1 atom stereocenters. The van der Waals surface area contributed by atoms with Gasteiger partial charge in [-0.05, 0) is 69.2 Å². The number of nitrogens with one attached hydrogen (secondary N) is 2. The number of carboxylic acids is 1. The molecule has 1 aliphatic carbocycles. The van der Waals surface area contributed by atoms with Gasteiger partial charge >= 0.3 is 5.97 Å². The molecule has 1 aliphatic rings. The van der Waals surface area contributed by atoms with E-state index in [-0.39, 0.29) is 5.82 Å². The first-order valence-electron chi connectivity index (χ1n) is 11.8. The number of aliphatic carboxylic acids is 1. The van der Waals surface area contributed by atoms with E-state index in [1.54, 1.807) is 29.6 Å². The second-order valence-electron chi connectivity index (χ2n) is 8.99. The summed E-state index contributed by atoms with van der Waals surface area (Å²) < 4.78 is 15.4. The topological polar surface area (TPSA) is 104 Å². The zero-order chi connectivity index (χ0) is 24.5. The number of benzene rings is 1. The first kappa shape index (κ1) is 22.8. The van der Waals surface area contributed by atoms with E-state index in [1.165, 1.54) is 25.0 Å². The SMILES string of the molecule is Cc1cc(-c2c(-c3ccc(F)cc3)nn3c(NC(C)C(=O)O)cccc23)nc(NC2CCCC2)n1. The summed E-state index contributed by atoms with van der Waals surface area (Å²) in [5, 5.41) is 20.7. The molecule has 8 nitrogen and oxygen atoms in total. The van der Waals surface area contributed by atoms with Crippen molar-refractivity contribution in [2.24, 2.45) is 0 Å². The zero-order valence-electron chi connectivity index (χ0n) is 19.6. The van der Waals surface area contributed by atoms with Crippen molar-refractivity contribution in [3.63, 3.8) is 0 Å². The summed E-state index contributed by atoms with van der Waals surface area (Å²) in [6.07, 6.45) is 4.59. The molecule has 0 spiro atoms. The highest BCUT2D eigenvalue weighted by Gasteiger charge is 2.22. The summed E-state index contributed by atoms with van der Waals surface area (Å²) in [4.78, 5) is 20.9. The van der Waals surface area contributed by atoms with Gasteiger partial charge in [0.25, 0.3) is 0 Å². The maximum atomic E-state index is 13.7. The highest BCUT2D eigenvalue weighted by Crippen LogP contribution is 2.36. The lowest BCUT2D eigenvalue weighted by Crippen LogP contribution is -2.26. The number of aryl methyl sites for hydroxylation is 1. The van der Waals surface area contributed by atoms with Crippen molar-refractivity contribution in [3.05, 3.63) is 60.0 Å². The standard InChI is InChI=1S/C26H27FN6O2/c1-15-14-20(31-26(28-15)30-19-6-3-4-7-19)23-21-8-5-9-22(29-16(2)25(34)35)33(21)32-24(23)17-10-12-18(27)13-11-17/h5,8-14,16,19,29H,3-4,6-7H2,1-2H3,(H,34,35)(H,28,30,31).